The molecule has 1 rings (SSSR count). The zero-order chi connectivity index (χ0) is 13.4. The van der Waals surface area contributed by atoms with Gasteiger partial charge in [-0.05, 0) is 31.1 Å². The number of aliphatic hydroxyl groups is 1. The van der Waals surface area contributed by atoms with E-state index in [4.69, 9.17) is 4.74 Å². The lowest BCUT2D eigenvalue weighted by molar-refractivity contribution is -0.00361. The van der Waals surface area contributed by atoms with Crippen molar-refractivity contribution in [3.8, 4) is 0 Å². The molecule has 0 radical (unpaired) electrons. The van der Waals surface area contributed by atoms with Gasteiger partial charge < -0.3 is 9.84 Å². The van der Waals surface area contributed by atoms with Gasteiger partial charge in [-0.15, -0.1) is 0 Å². The molecule has 1 N–H and O–H groups in total. The highest BCUT2D eigenvalue weighted by Crippen LogP contribution is 2.34. The van der Waals surface area contributed by atoms with E-state index in [0.717, 1.165) is 57.3 Å². The molecule has 3 nitrogen and oxygen atoms in total. The Labute approximate surface area is 120 Å². The van der Waals surface area contributed by atoms with E-state index in [2.05, 4.69) is 34.7 Å². The lowest BCUT2D eigenvalue weighted by Crippen LogP contribution is -2.47. The van der Waals surface area contributed by atoms with E-state index < -0.39 is 0 Å². The molecule has 0 aromatic carbocycles. The number of hydrogen-bond donors (Lipinski definition) is 1. The first kappa shape index (κ1) is 16.4. The van der Waals surface area contributed by atoms with Gasteiger partial charge in [-0.3, -0.25) is 4.90 Å². The fourth-order valence-corrected chi connectivity index (χ4v) is 3.63. The van der Waals surface area contributed by atoms with Gasteiger partial charge in [0.05, 0.1) is 6.61 Å². The molecule has 0 amide bonds. The number of aliphatic hydroxyl groups excluding tert-OH is 1. The summed E-state index contributed by atoms with van der Waals surface area (Å²) in [6.45, 7) is 8.36. The monoisotopic (exact) mass is 321 g/mol. The Balaban J connectivity index is 2.66. The highest BCUT2D eigenvalue weighted by Gasteiger charge is 2.34. The number of nitrogens with zero attached hydrogens (tertiary/aromatic N) is 1. The Bertz CT molecular complexity index is 216. The van der Waals surface area contributed by atoms with Gasteiger partial charge in [0.15, 0.2) is 0 Å². The standard InChI is InChI=1S/C14H28BrNO2/c1-3-13(4-2)16(7-8-17)12-14(11-15)5-9-18-10-6-14/h13,17H,3-12H2,1-2H3. The van der Waals surface area contributed by atoms with Gasteiger partial charge in [-0.1, -0.05) is 29.8 Å². The first-order valence-corrected chi connectivity index (χ1v) is 8.32. The second-order valence-corrected chi connectivity index (χ2v) is 5.97. The van der Waals surface area contributed by atoms with Crippen LogP contribution in [0.25, 0.3) is 0 Å². The maximum absolute atomic E-state index is 9.28. The molecule has 1 aliphatic rings. The molecule has 0 bridgehead atoms. The van der Waals surface area contributed by atoms with E-state index in [-0.39, 0.29) is 6.61 Å². The minimum absolute atomic E-state index is 0.255. The summed E-state index contributed by atoms with van der Waals surface area (Å²) in [5, 5.41) is 10.3. The number of hydrogen-bond acceptors (Lipinski definition) is 3. The summed E-state index contributed by atoms with van der Waals surface area (Å²) in [6.07, 6.45) is 4.57. The smallest absolute Gasteiger partial charge is 0.0558 e. The van der Waals surface area contributed by atoms with Gasteiger partial charge in [0.25, 0.3) is 0 Å². The fourth-order valence-electron chi connectivity index (χ4n) is 2.89. The van der Waals surface area contributed by atoms with E-state index >= 15 is 0 Å². The van der Waals surface area contributed by atoms with Gasteiger partial charge in [-0.25, -0.2) is 0 Å². The van der Waals surface area contributed by atoms with E-state index in [1.165, 1.54) is 0 Å². The maximum atomic E-state index is 9.28. The third kappa shape index (κ3) is 4.48. The predicted octanol–water partition coefficient (Wildman–Crippen LogP) is 2.66. The third-order valence-electron chi connectivity index (χ3n) is 4.22. The zero-order valence-corrected chi connectivity index (χ0v) is 13.4. The van der Waals surface area contributed by atoms with E-state index in [0.29, 0.717) is 11.5 Å². The normalized spacial score (nSPS) is 19.7. The van der Waals surface area contributed by atoms with Gasteiger partial charge in [-0.2, -0.15) is 0 Å². The second kappa shape index (κ2) is 8.51. The summed E-state index contributed by atoms with van der Waals surface area (Å²) in [6, 6.07) is 0.593. The topological polar surface area (TPSA) is 32.7 Å². The minimum Gasteiger partial charge on any atom is -0.395 e. The zero-order valence-electron chi connectivity index (χ0n) is 11.8. The lowest BCUT2D eigenvalue weighted by atomic mass is 9.81. The van der Waals surface area contributed by atoms with E-state index in [1.54, 1.807) is 0 Å². The molecular weight excluding hydrogens is 294 g/mol. The number of halogens is 1. The van der Waals surface area contributed by atoms with Crippen LogP contribution < -0.4 is 0 Å². The van der Waals surface area contributed by atoms with Crippen molar-refractivity contribution < 1.29 is 9.84 Å². The van der Waals surface area contributed by atoms with Crippen LogP contribution in [0.3, 0.4) is 0 Å². The Hall–Kier alpha value is 0.360. The molecule has 0 aromatic heterocycles. The highest BCUT2D eigenvalue weighted by molar-refractivity contribution is 9.09. The van der Waals surface area contributed by atoms with Gasteiger partial charge >= 0.3 is 0 Å². The van der Waals surface area contributed by atoms with Crippen LogP contribution in [0.5, 0.6) is 0 Å². The molecule has 0 spiro atoms. The predicted molar refractivity (Wildman–Crippen MR) is 79.3 cm³/mol. The molecule has 1 saturated heterocycles. The van der Waals surface area contributed by atoms with Gasteiger partial charge in [0.1, 0.15) is 0 Å². The van der Waals surface area contributed by atoms with Crippen molar-refractivity contribution in [3.63, 3.8) is 0 Å². The number of alkyl halides is 1. The van der Waals surface area contributed by atoms with Crippen LogP contribution in [0.15, 0.2) is 0 Å². The van der Waals surface area contributed by atoms with Crippen molar-refractivity contribution in [1.82, 2.24) is 4.90 Å². The van der Waals surface area contributed by atoms with Crippen molar-refractivity contribution in [1.29, 1.82) is 0 Å². The summed E-state index contributed by atoms with van der Waals surface area (Å²) in [4.78, 5) is 2.48. The number of ether oxygens (including phenoxy) is 1. The molecule has 0 aromatic rings. The molecule has 0 aliphatic carbocycles. The Morgan fingerprint density at radius 1 is 1.28 bits per heavy atom. The van der Waals surface area contributed by atoms with Crippen molar-refractivity contribution in [2.75, 3.05) is 38.2 Å². The molecule has 1 heterocycles. The summed E-state index contributed by atoms with van der Waals surface area (Å²) < 4.78 is 5.49. The van der Waals surface area contributed by atoms with Crippen LogP contribution in [-0.4, -0.2) is 54.3 Å². The quantitative estimate of drug-likeness (QED) is 0.698. The molecule has 0 atom stereocenters. The van der Waals surface area contributed by atoms with Crippen molar-refractivity contribution >= 4 is 15.9 Å². The van der Waals surface area contributed by atoms with Crippen molar-refractivity contribution in [2.45, 2.75) is 45.6 Å². The summed E-state index contributed by atoms with van der Waals surface area (Å²) in [5.74, 6) is 0. The molecule has 18 heavy (non-hydrogen) atoms. The average molecular weight is 322 g/mol. The number of rotatable bonds is 8. The molecule has 0 unspecified atom stereocenters. The largest absolute Gasteiger partial charge is 0.395 e. The first-order chi connectivity index (χ1) is 8.71. The fraction of sp³-hybridized carbons (Fsp3) is 1.00. The Morgan fingerprint density at radius 3 is 2.33 bits per heavy atom. The van der Waals surface area contributed by atoms with Crippen LogP contribution in [0.2, 0.25) is 0 Å². The van der Waals surface area contributed by atoms with Crippen LogP contribution >= 0.6 is 15.9 Å². The summed E-state index contributed by atoms with van der Waals surface area (Å²) in [7, 11) is 0. The van der Waals surface area contributed by atoms with Crippen LogP contribution in [0.1, 0.15) is 39.5 Å². The lowest BCUT2D eigenvalue weighted by Gasteiger charge is -2.42. The summed E-state index contributed by atoms with van der Waals surface area (Å²) >= 11 is 3.70. The molecule has 1 fully saturated rings. The SMILES string of the molecule is CCC(CC)N(CCO)CC1(CBr)CCOCC1. The first-order valence-electron chi connectivity index (χ1n) is 7.20. The van der Waals surface area contributed by atoms with Crippen LogP contribution in [0, 0.1) is 5.41 Å². The maximum Gasteiger partial charge on any atom is 0.0558 e. The molecule has 0 saturated carbocycles. The average Bonchev–Trinajstić information content (AvgIpc) is 2.41. The molecule has 4 heteroatoms. The minimum atomic E-state index is 0.255. The Kier molecular flexibility index (Phi) is 7.76. The molecular formula is C14H28BrNO2. The molecule has 1 aliphatic heterocycles. The third-order valence-corrected chi connectivity index (χ3v) is 5.41. The van der Waals surface area contributed by atoms with Gasteiger partial charge in [0, 0.05) is 37.7 Å². The van der Waals surface area contributed by atoms with Gasteiger partial charge in [0.2, 0.25) is 0 Å². The van der Waals surface area contributed by atoms with E-state index in [9.17, 15) is 5.11 Å². The van der Waals surface area contributed by atoms with Crippen molar-refractivity contribution in [2.24, 2.45) is 5.41 Å². The summed E-state index contributed by atoms with van der Waals surface area (Å²) in [5.41, 5.74) is 0.329. The van der Waals surface area contributed by atoms with Crippen LogP contribution in [-0.2, 0) is 4.74 Å². The van der Waals surface area contributed by atoms with Crippen LogP contribution in [0.4, 0.5) is 0 Å². The van der Waals surface area contributed by atoms with Crippen molar-refractivity contribution in [3.05, 3.63) is 0 Å². The second-order valence-electron chi connectivity index (χ2n) is 5.41. The molecule has 108 valence electrons. The highest BCUT2D eigenvalue weighted by atomic mass is 79.9. The Morgan fingerprint density at radius 2 is 1.89 bits per heavy atom. The van der Waals surface area contributed by atoms with E-state index in [1.807, 2.05) is 0 Å².